The van der Waals surface area contributed by atoms with Gasteiger partial charge in [0.25, 0.3) is 5.56 Å². The van der Waals surface area contributed by atoms with Crippen LogP contribution in [0.5, 0.6) is 5.75 Å². The van der Waals surface area contributed by atoms with Crippen molar-refractivity contribution in [2.24, 2.45) is 5.41 Å². The first kappa shape index (κ1) is 26.2. The van der Waals surface area contributed by atoms with Crippen LogP contribution in [0.15, 0.2) is 59.5 Å². The van der Waals surface area contributed by atoms with Crippen LogP contribution in [0.2, 0.25) is 5.02 Å². The highest BCUT2D eigenvalue weighted by Gasteiger charge is 2.42. The fraction of sp³-hybridized carbons (Fsp3) is 0.286. The molecule has 3 aromatic rings. The minimum absolute atomic E-state index is 0.0741. The average molecular weight is 523 g/mol. The maximum atomic E-state index is 13.4. The van der Waals surface area contributed by atoms with E-state index < -0.39 is 23.5 Å². The number of amides is 1. The Kier molecular flexibility index (Phi) is 7.23. The number of carboxylic acids is 1. The number of aromatic carboxylic acids is 1. The number of nitrogens with one attached hydrogen (secondary N) is 1. The molecule has 9 heteroatoms. The molecule has 4 rings (SSSR count). The van der Waals surface area contributed by atoms with Gasteiger partial charge < -0.3 is 15.2 Å². The first-order chi connectivity index (χ1) is 17.5. The van der Waals surface area contributed by atoms with Gasteiger partial charge in [-0.3, -0.25) is 19.0 Å². The topological polar surface area (TPSA) is 115 Å². The summed E-state index contributed by atoms with van der Waals surface area (Å²) in [5.41, 5.74) is 1.27. The van der Waals surface area contributed by atoms with Gasteiger partial charge in [0.2, 0.25) is 5.91 Å². The van der Waals surface area contributed by atoms with Crippen LogP contribution in [0.1, 0.15) is 59.9 Å². The third-order valence-corrected chi connectivity index (χ3v) is 6.98. The molecule has 1 unspecified atom stereocenters. The number of carboxylic acid groups (broad SMARTS) is 1. The number of methoxy groups -OCH3 is 1. The Labute approximate surface area is 218 Å². The zero-order chi connectivity index (χ0) is 26.9. The molecule has 1 saturated carbocycles. The van der Waals surface area contributed by atoms with Crippen LogP contribution in [0.25, 0.3) is 11.1 Å². The first-order valence-corrected chi connectivity index (χ1v) is 12.1. The number of anilines is 1. The normalized spacial score (nSPS) is 14.5. The highest BCUT2D eigenvalue weighted by molar-refractivity contribution is 6.31. The molecule has 1 atom stereocenters. The van der Waals surface area contributed by atoms with Gasteiger partial charge in [-0.25, -0.2) is 4.79 Å². The SMILES string of the molecule is COc1cn(C(CC2(C)CC2)C(=O)Nc2ccc(C(=O)O)cc2)c(=O)cc1-c1cc(Cl)ccc1C(C)=O. The van der Waals surface area contributed by atoms with E-state index in [1.54, 1.807) is 18.2 Å². The average Bonchev–Trinajstić information content (AvgIpc) is 3.59. The van der Waals surface area contributed by atoms with Gasteiger partial charge in [-0.2, -0.15) is 0 Å². The summed E-state index contributed by atoms with van der Waals surface area (Å²) < 4.78 is 6.95. The van der Waals surface area contributed by atoms with Crippen molar-refractivity contribution < 1.29 is 24.2 Å². The van der Waals surface area contributed by atoms with Gasteiger partial charge >= 0.3 is 5.97 Å². The summed E-state index contributed by atoms with van der Waals surface area (Å²) in [5, 5.41) is 12.3. The van der Waals surface area contributed by atoms with E-state index in [2.05, 4.69) is 12.2 Å². The Morgan fingerprint density at radius 3 is 2.35 bits per heavy atom. The number of pyridine rings is 1. The zero-order valence-electron chi connectivity index (χ0n) is 20.7. The van der Waals surface area contributed by atoms with Crippen molar-refractivity contribution >= 4 is 34.9 Å². The van der Waals surface area contributed by atoms with Crippen LogP contribution in [0.4, 0.5) is 5.69 Å². The summed E-state index contributed by atoms with van der Waals surface area (Å²) >= 11 is 6.19. The number of ketones is 1. The van der Waals surface area contributed by atoms with Crippen molar-refractivity contribution in [1.29, 1.82) is 0 Å². The van der Waals surface area contributed by atoms with Gasteiger partial charge in [0.1, 0.15) is 11.8 Å². The lowest BCUT2D eigenvalue weighted by atomic mass is 9.96. The van der Waals surface area contributed by atoms with E-state index in [1.807, 2.05) is 0 Å². The molecule has 0 spiro atoms. The second-order valence-corrected chi connectivity index (χ2v) is 10.1. The van der Waals surface area contributed by atoms with E-state index in [0.29, 0.717) is 39.6 Å². The van der Waals surface area contributed by atoms with E-state index >= 15 is 0 Å². The number of aromatic nitrogens is 1. The molecule has 0 aliphatic heterocycles. The number of carbonyl (C=O) groups excluding carboxylic acids is 2. The van der Waals surface area contributed by atoms with Gasteiger partial charge in [0, 0.05) is 27.9 Å². The van der Waals surface area contributed by atoms with Gasteiger partial charge in [0.05, 0.1) is 18.9 Å². The molecule has 0 radical (unpaired) electrons. The van der Waals surface area contributed by atoms with Crippen molar-refractivity contribution in [2.45, 2.75) is 39.2 Å². The molecule has 1 heterocycles. The summed E-state index contributed by atoms with van der Waals surface area (Å²) in [6.07, 6.45) is 3.81. The number of rotatable bonds is 9. The quantitative estimate of drug-likeness (QED) is 0.361. The molecule has 2 aromatic carbocycles. The van der Waals surface area contributed by atoms with Gasteiger partial charge in [-0.1, -0.05) is 18.5 Å². The Hall–Kier alpha value is -3.91. The smallest absolute Gasteiger partial charge is 0.335 e. The predicted octanol–water partition coefficient (Wildman–Crippen LogP) is 5.45. The number of hydrogen-bond acceptors (Lipinski definition) is 5. The summed E-state index contributed by atoms with van der Waals surface area (Å²) in [7, 11) is 1.45. The highest BCUT2D eigenvalue weighted by Crippen LogP contribution is 2.51. The van der Waals surface area contributed by atoms with E-state index in [0.717, 1.165) is 12.8 Å². The third-order valence-electron chi connectivity index (χ3n) is 6.74. The van der Waals surface area contributed by atoms with Crippen molar-refractivity contribution in [1.82, 2.24) is 4.57 Å². The van der Waals surface area contributed by atoms with E-state index in [4.69, 9.17) is 21.4 Å². The van der Waals surface area contributed by atoms with Crippen LogP contribution in [-0.4, -0.2) is 34.4 Å². The lowest BCUT2D eigenvalue weighted by molar-refractivity contribution is -0.120. The molecule has 37 heavy (non-hydrogen) atoms. The molecule has 192 valence electrons. The van der Waals surface area contributed by atoms with Crippen molar-refractivity contribution in [2.75, 3.05) is 12.4 Å². The molecule has 1 aliphatic carbocycles. The fourth-order valence-electron chi connectivity index (χ4n) is 4.32. The minimum atomic E-state index is -1.07. The van der Waals surface area contributed by atoms with Gasteiger partial charge in [0.15, 0.2) is 5.78 Å². The summed E-state index contributed by atoms with van der Waals surface area (Å²) in [6.45, 7) is 3.50. The second kappa shape index (κ2) is 10.2. The van der Waals surface area contributed by atoms with Crippen LogP contribution >= 0.6 is 11.6 Å². The monoisotopic (exact) mass is 522 g/mol. The molecule has 0 bridgehead atoms. The number of ether oxygens (including phenoxy) is 1. The van der Waals surface area contributed by atoms with Gasteiger partial charge in [-0.05, 0) is 79.6 Å². The molecule has 1 aliphatic rings. The number of benzene rings is 2. The van der Waals surface area contributed by atoms with Crippen molar-refractivity contribution in [3.05, 3.63) is 81.2 Å². The zero-order valence-corrected chi connectivity index (χ0v) is 21.5. The van der Waals surface area contributed by atoms with E-state index in [1.165, 1.54) is 55.1 Å². The number of nitrogens with zero attached hydrogens (tertiary/aromatic N) is 1. The fourth-order valence-corrected chi connectivity index (χ4v) is 4.49. The summed E-state index contributed by atoms with van der Waals surface area (Å²) in [4.78, 5) is 50.2. The molecular weight excluding hydrogens is 496 g/mol. The van der Waals surface area contributed by atoms with Crippen LogP contribution in [0.3, 0.4) is 0 Å². The van der Waals surface area contributed by atoms with Crippen LogP contribution in [-0.2, 0) is 4.79 Å². The van der Waals surface area contributed by atoms with Crippen LogP contribution in [0, 0.1) is 5.41 Å². The van der Waals surface area contributed by atoms with E-state index in [-0.39, 0.29) is 16.8 Å². The molecule has 2 N–H and O–H groups in total. The maximum Gasteiger partial charge on any atom is 0.335 e. The number of halogens is 1. The Morgan fingerprint density at radius 2 is 1.78 bits per heavy atom. The third kappa shape index (κ3) is 5.75. The standard InChI is InChI=1S/C28H27ClN2O6/c1-16(32)20-9-6-18(29)12-21(20)22-13-25(33)31(15-24(22)37-3)23(14-28(2)10-11-28)26(34)30-19-7-4-17(5-8-19)27(35)36/h4-9,12-13,15,23H,10-11,14H2,1-3H3,(H,30,34)(H,35,36). The molecule has 1 fully saturated rings. The minimum Gasteiger partial charge on any atom is -0.495 e. The largest absolute Gasteiger partial charge is 0.495 e. The molecule has 8 nitrogen and oxygen atoms in total. The van der Waals surface area contributed by atoms with E-state index in [9.17, 15) is 19.2 Å². The van der Waals surface area contributed by atoms with Crippen molar-refractivity contribution in [3.8, 4) is 16.9 Å². The number of Topliss-reactive ketones (excluding diaryl/α,β-unsaturated/α-hetero) is 1. The number of hydrogen-bond donors (Lipinski definition) is 2. The lowest BCUT2D eigenvalue weighted by Crippen LogP contribution is -2.34. The Morgan fingerprint density at radius 1 is 1.11 bits per heavy atom. The molecule has 1 amide bonds. The predicted molar refractivity (Wildman–Crippen MR) is 141 cm³/mol. The summed E-state index contributed by atoms with van der Waals surface area (Å²) in [6, 6.07) is 11.1. The lowest BCUT2D eigenvalue weighted by Gasteiger charge is -2.24. The summed E-state index contributed by atoms with van der Waals surface area (Å²) in [5.74, 6) is -1.34. The van der Waals surface area contributed by atoms with Crippen LogP contribution < -0.4 is 15.6 Å². The highest BCUT2D eigenvalue weighted by atomic mass is 35.5. The molecular formula is C28H27ClN2O6. The second-order valence-electron chi connectivity index (χ2n) is 9.65. The maximum absolute atomic E-state index is 13.4. The van der Waals surface area contributed by atoms with Gasteiger partial charge in [-0.15, -0.1) is 0 Å². The Bertz CT molecular complexity index is 1440. The molecule has 1 aromatic heterocycles. The van der Waals surface area contributed by atoms with Crippen molar-refractivity contribution in [3.63, 3.8) is 0 Å². The number of carbonyl (C=O) groups is 3. The molecule has 0 saturated heterocycles. The Balaban J connectivity index is 1.75. The first-order valence-electron chi connectivity index (χ1n) is 11.8.